The van der Waals surface area contributed by atoms with E-state index in [-0.39, 0.29) is 17.9 Å². The minimum atomic E-state index is -0.714. The Kier molecular flexibility index (Phi) is 4.59. The van der Waals surface area contributed by atoms with Crippen molar-refractivity contribution in [3.63, 3.8) is 0 Å². The molecule has 0 saturated heterocycles. The van der Waals surface area contributed by atoms with Crippen LogP contribution in [0.5, 0.6) is 5.75 Å². The van der Waals surface area contributed by atoms with Crippen LogP contribution in [0.15, 0.2) is 36.2 Å². The molecule has 0 aliphatic carbocycles. The lowest BCUT2D eigenvalue weighted by molar-refractivity contribution is -0.138. The Morgan fingerprint density at radius 3 is 2.82 bits per heavy atom. The van der Waals surface area contributed by atoms with Gasteiger partial charge in [-0.3, -0.25) is 4.79 Å². The number of aromatic nitrogens is 1. The number of hydrogen-bond acceptors (Lipinski definition) is 5. The second-order valence-corrected chi connectivity index (χ2v) is 4.38. The fourth-order valence-corrected chi connectivity index (χ4v) is 1.99. The van der Waals surface area contributed by atoms with Crippen LogP contribution in [-0.4, -0.2) is 22.9 Å². The summed E-state index contributed by atoms with van der Waals surface area (Å²) in [6, 6.07) is 7.22. The number of esters is 2. The van der Waals surface area contributed by atoms with E-state index < -0.39 is 11.9 Å². The summed E-state index contributed by atoms with van der Waals surface area (Å²) < 4.78 is 11.7. The third-order valence-electron chi connectivity index (χ3n) is 2.85. The SMILES string of the molecule is CCOC(=O)/C(C#N)=C/c1c(OC(C)=O)cn2ccccc12. The quantitative estimate of drug-likeness (QED) is 0.491. The summed E-state index contributed by atoms with van der Waals surface area (Å²) in [5.74, 6) is -0.926. The van der Waals surface area contributed by atoms with Gasteiger partial charge in [0.15, 0.2) is 5.75 Å². The monoisotopic (exact) mass is 298 g/mol. The van der Waals surface area contributed by atoms with E-state index in [1.807, 2.05) is 6.07 Å². The Bertz CT molecular complexity index is 796. The number of rotatable bonds is 4. The normalized spacial score (nSPS) is 11.0. The van der Waals surface area contributed by atoms with Crippen molar-refractivity contribution >= 4 is 23.5 Å². The van der Waals surface area contributed by atoms with Gasteiger partial charge in [0.05, 0.1) is 18.3 Å². The predicted octanol–water partition coefficient (Wildman–Crippen LogP) is 2.33. The highest BCUT2D eigenvalue weighted by Crippen LogP contribution is 2.28. The molecule has 0 fully saturated rings. The molecule has 6 heteroatoms. The number of nitrogens with zero attached hydrogens (tertiary/aromatic N) is 2. The molecule has 0 spiro atoms. The first kappa shape index (κ1) is 15.3. The molecule has 0 amide bonds. The zero-order chi connectivity index (χ0) is 16.1. The average Bonchev–Trinajstić information content (AvgIpc) is 2.81. The zero-order valence-corrected chi connectivity index (χ0v) is 12.2. The average molecular weight is 298 g/mol. The van der Waals surface area contributed by atoms with E-state index in [0.29, 0.717) is 11.1 Å². The summed E-state index contributed by atoms with van der Waals surface area (Å²) in [6.45, 7) is 3.11. The summed E-state index contributed by atoms with van der Waals surface area (Å²) >= 11 is 0. The summed E-state index contributed by atoms with van der Waals surface area (Å²) in [5, 5.41) is 9.13. The Hall–Kier alpha value is -3.07. The van der Waals surface area contributed by atoms with Crippen LogP contribution in [0.25, 0.3) is 11.6 Å². The van der Waals surface area contributed by atoms with Crippen LogP contribution >= 0.6 is 0 Å². The lowest BCUT2D eigenvalue weighted by Crippen LogP contribution is -2.06. The molecule has 22 heavy (non-hydrogen) atoms. The third kappa shape index (κ3) is 3.15. The van der Waals surface area contributed by atoms with Crippen LogP contribution < -0.4 is 4.74 Å². The number of pyridine rings is 1. The van der Waals surface area contributed by atoms with Gasteiger partial charge in [-0.1, -0.05) is 6.07 Å². The van der Waals surface area contributed by atoms with Crippen LogP contribution in [-0.2, 0) is 14.3 Å². The van der Waals surface area contributed by atoms with Gasteiger partial charge in [0.2, 0.25) is 0 Å². The van der Waals surface area contributed by atoms with Crippen molar-refractivity contribution in [2.45, 2.75) is 13.8 Å². The Morgan fingerprint density at radius 2 is 2.18 bits per heavy atom. The first-order valence-electron chi connectivity index (χ1n) is 6.63. The van der Waals surface area contributed by atoms with E-state index >= 15 is 0 Å². The Morgan fingerprint density at radius 1 is 1.41 bits per heavy atom. The Balaban J connectivity index is 2.59. The minimum Gasteiger partial charge on any atom is -0.462 e. The summed E-state index contributed by atoms with van der Waals surface area (Å²) in [4.78, 5) is 23.0. The maximum absolute atomic E-state index is 11.7. The fourth-order valence-electron chi connectivity index (χ4n) is 1.99. The lowest BCUT2D eigenvalue weighted by Gasteiger charge is -2.02. The van der Waals surface area contributed by atoms with Gasteiger partial charge in [-0.05, 0) is 25.1 Å². The van der Waals surface area contributed by atoms with Crippen LogP contribution in [0.4, 0.5) is 0 Å². The predicted molar refractivity (Wildman–Crippen MR) is 78.9 cm³/mol. The summed E-state index contributed by atoms with van der Waals surface area (Å²) in [6.07, 6.45) is 4.75. The molecule has 0 aromatic carbocycles. The van der Waals surface area contributed by atoms with Crippen molar-refractivity contribution in [1.82, 2.24) is 4.40 Å². The van der Waals surface area contributed by atoms with E-state index in [1.54, 1.807) is 41.9 Å². The second-order valence-electron chi connectivity index (χ2n) is 4.38. The number of carbonyl (C=O) groups excluding carboxylic acids is 2. The number of ether oxygens (including phenoxy) is 2. The molecule has 2 aromatic heterocycles. The zero-order valence-electron chi connectivity index (χ0n) is 12.2. The van der Waals surface area contributed by atoms with Gasteiger partial charge in [-0.15, -0.1) is 0 Å². The topological polar surface area (TPSA) is 80.8 Å². The number of hydrogen-bond donors (Lipinski definition) is 0. The molecule has 0 saturated carbocycles. The van der Waals surface area contributed by atoms with E-state index in [0.717, 1.165) is 0 Å². The minimum absolute atomic E-state index is 0.160. The lowest BCUT2D eigenvalue weighted by atomic mass is 10.1. The standard InChI is InChI=1S/C16H14N2O4/c1-3-21-16(20)12(9-17)8-13-14-6-4-5-7-18(14)10-15(13)22-11(2)19/h4-8,10H,3H2,1-2H3/b12-8+. The molecule has 0 N–H and O–H groups in total. The number of fused-ring (bicyclic) bond motifs is 1. The molecule has 0 radical (unpaired) electrons. The fraction of sp³-hybridized carbons (Fsp3) is 0.188. The first-order chi connectivity index (χ1) is 10.6. The largest absolute Gasteiger partial charge is 0.462 e. The highest BCUT2D eigenvalue weighted by molar-refractivity contribution is 6.00. The molecule has 2 heterocycles. The molecular formula is C16H14N2O4. The summed E-state index contributed by atoms with van der Waals surface area (Å²) in [7, 11) is 0. The van der Waals surface area contributed by atoms with Crippen LogP contribution in [0.3, 0.4) is 0 Å². The van der Waals surface area contributed by atoms with Gasteiger partial charge in [0.1, 0.15) is 11.6 Å². The molecule has 112 valence electrons. The van der Waals surface area contributed by atoms with Gasteiger partial charge in [0.25, 0.3) is 0 Å². The van der Waals surface area contributed by atoms with Crippen molar-refractivity contribution in [2.24, 2.45) is 0 Å². The molecule has 0 bridgehead atoms. The second kappa shape index (κ2) is 6.59. The molecule has 2 aromatic rings. The van der Waals surface area contributed by atoms with E-state index in [9.17, 15) is 9.59 Å². The van der Waals surface area contributed by atoms with Crippen molar-refractivity contribution in [3.05, 3.63) is 41.7 Å². The Labute approximate surface area is 127 Å². The van der Waals surface area contributed by atoms with Crippen molar-refractivity contribution in [3.8, 4) is 11.8 Å². The van der Waals surface area contributed by atoms with Gasteiger partial charge < -0.3 is 13.9 Å². The smallest absolute Gasteiger partial charge is 0.348 e. The van der Waals surface area contributed by atoms with Crippen molar-refractivity contribution in [1.29, 1.82) is 5.26 Å². The third-order valence-corrected chi connectivity index (χ3v) is 2.85. The van der Waals surface area contributed by atoms with E-state index in [1.165, 1.54) is 13.0 Å². The maximum Gasteiger partial charge on any atom is 0.348 e. The maximum atomic E-state index is 11.7. The van der Waals surface area contributed by atoms with Crippen LogP contribution in [0, 0.1) is 11.3 Å². The van der Waals surface area contributed by atoms with E-state index in [4.69, 9.17) is 14.7 Å². The van der Waals surface area contributed by atoms with Crippen LogP contribution in [0.2, 0.25) is 0 Å². The highest BCUT2D eigenvalue weighted by atomic mass is 16.5. The molecule has 2 rings (SSSR count). The molecule has 0 atom stereocenters. The van der Waals surface area contributed by atoms with Gasteiger partial charge in [0, 0.05) is 18.7 Å². The highest BCUT2D eigenvalue weighted by Gasteiger charge is 2.16. The molecule has 0 aliphatic heterocycles. The van der Waals surface area contributed by atoms with Gasteiger partial charge >= 0.3 is 11.9 Å². The van der Waals surface area contributed by atoms with Crippen molar-refractivity contribution in [2.75, 3.05) is 6.61 Å². The molecule has 0 unspecified atom stereocenters. The van der Waals surface area contributed by atoms with Crippen molar-refractivity contribution < 1.29 is 19.1 Å². The summed E-state index contributed by atoms with van der Waals surface area (Å²) in [5.41, 5.74) is 1.02. The van der Waals surface area contributed by atoms with Gasteiger partial charge in [-0.2, -0.15) is 5.26 Å². The molecule has 6 nitrogen and oxygen atoms in total. The van der Waals surface area contributed by atoms with Gasteiger partial charge in [-0.25, -0.2) is 4.79 Å². The molecule has 0 aliphatic rings. The number of nitriles is 1. The molecular weight excluding hydrogens is 284 g/mol. The number of carbonyl (C=O) groups is 2. The van der Waals surface area contributed by atoms with E-state index in [2.05, 4.69) is 0 Å². The first-order valence-corrected chi connectivity index (χ1v) is 6.63. The van der Waals surface area contributed by atoms with Crippen LogP contribution in [0.1, 0.15) is 19.4 Å².